The predicted octanol–water partition coefficient (Wildman–Crippen LogP) is 3.72. The van der Waals surface area contributed by atoms with E-state index in [0.717, 1.165) is 23.3 Å². The van der Waals surface area contributed by atoms with Gasteiger partial charge in [0.25, 0.3) is 0 Å². The highest BCUT2D eigenvalue weighted by atomic mass is 16.5. The molecule has 0 aliphatic rings. The lowest BCUT2D eigenvalue weighted by Gasteiger charge is -2.17. The second-order valence-corrected chi connectivity index (χ2v) is 5.00. The Labute approximate surface area is 115 Å². The molecule has 1 unspecified atom stereocenters. The van der Waals surface area contributed by atoms with E-state index < -0.39 is 0 Å². The maximum Gasteiger partial charge on any atom is 0.122 e. The van der Waals surface area contributed by atoms with E-state index in [2.05, 4.69) is 18.2 Å². The monoisotopic (exact) mass is 255 g/mol. The molecule has 0 saturated heterocycles. The van der Waals surface area contributed by atoms with Crippen molar-refractivity contribution in [1.82, 2.24) is 0 Å². The molecule has 1 atom stereocenters. The van der Waals surface area contributed by atoms with Crippen molar-refractivity contribution in [3.05, 3.63) is 65.7 Å². The minimum Gasteiger partial charge on any atom is -0.491 e. The van der Waals surface area contributed by atoms with Gasteiger partial charge in [0, 0.05) is 6.04 Å². The number of nitrogens with two attached hydrogens (primary N) is 1. The largest absolute Gasteiger partial charge is 0.491 e. The molecule has 0 fully saturated rings. The topological polar surface area (TPSA) is 35.2 Å². The van der Waals surface area contributed by atoms with Crippen LogP contribution in [0.3, 0.4) is 0 Å². The van der Waals surface area contributed by atoms with Crippen LogP contribution >= 0.6 is 0 Å². The van der Waals surface area contributed by atoms with Crippen LogP contribution < -0.4 is 10.5 Å². The molecule has 2 aromatic rings. The van der Waals surface area contributed by atoms with E-state index in [1.54, 1.807) is 0 Å². The van der Waals surface area contributed by atoms with Gasteiger partial charge in [-0.25, -0.2) is 0 Å². The van der Waals surface area contributed by atoms with Gasteiger partial charge < -0.3 is 10.5 Å². The lowest BCUT2D eigenvalue weighted by Crippen LogP contribution is -2.15. The minimum atomic E-state index is -0.00175. The van der Waals surface area contributed by atoms with Crippen LogP contribution in [0, 0.1) is 0 Å². The van der Waals surface area contributed by atoms with Crippen molar-refractivity contribution in [2.45, 2.75) is 32.4 Å². The van der Waals surface area contributed by atoms with E-state index in [1.165, 1.54) is 0 Å². The van der Waals surface area contributed by atoms with Gasteiger partial charge >= 0.3 is 0 Å². The van der Waals surface area contributed by atoms with Gasteiger partial charge in [0.05, 0.1) is 6.10 Å². The molecule has 0 heterocycles. The highest BCUT2D eigenvalue weighted by Gasteiger charge is 2.11. The second-order valence-electron chi connectivity index (χ2n) is 5.00. The normalized spacial score (nSPS) is 12.4. The Morgan fingerprint density at radius 3 is 2.26 bits per heavy atom. The van der Waals surface area contributed by atoms with Crippen LogP contribution in [0.2, 0.25) is 0 Å². The maximum atomic E-state index is 6.27. The molecule has 2 heteroatoms. The van der Waals surface area contributed by atoms with E-state index in [9.17, 15) is 0 Å². The zero-order valence-corrected chi connectivity index (χ0v) is 11.5. The fourth-order valence-electron chi connectivity index (χ4n) is 2.10. The van der Waals surface area contributed by atoms with Crippen molar-refractivity contribution < 1.29 is 4.74 Å². The standard InChI is InChI=1S/C17H21NO/c1-13(2)19-17-11-7-6-10-15(17)12-16(18)14-8-4-3-5-9-14/h3-11,13,16H,12,18H2,1-2H3. The molecule has 100 valence electrons. The molecule has 2 nitrogen and oxygen atoms in total. The van der Waals surface area contributed by atoms with E-state index in [1.807, 2.05) is 50.2 Å². The SMILES string of the molecule is CC(C)Oc1ccccc1CC(N)c1ccccc1. The van der Waals surface area contributed by atoms with E-state index >= 15 is 0 Å². The van der Waals surface area contributed by atoms with E-state index in [0.29, 0.717) is 0 Å². The Balaban J connectivity index is 2.15. The van der Waals surface area contributed by atoms with Crippen LogP contribution in [0.4, 0.5) is 0 Å². The maximum absolute atomic E-state index is 6.27. The third-order valence-corrected chi connectivity index (χ3v) is 3.00. The quantitative estimate of drug-likeness (QED) is 0.883. The highest BCUT2D eigenvalue weighted by molar-refractivity contribution is 5.35. The van der Waals surface area contributed by atoms with E-state index in [4.69, 9.17) is 10.5 Å². The lowest BCUT2D eigenvalue weighted by molar-refractivity contribution is 0.239. The predicted molar refractivity (Wildman–Crippen MR) is 79.3 cm³/mol. The first-order valence-electron chi connectivity index (χ1n) is 6.72. The molecule has 2 aromatic carbocycles. The zero-order valence-electron chi connectivity index (χ0n) is 11.5. The summed E-state index contributed by atoms with van der Waals surface area (Å²) in [6, 6.07) is 18.3. The van der Waals surface area contributed by atoms with Crippen molar-refractivity contribution >= 4 is 0 Å². The molecule has 0 amide bonds. The summed E-state index contributed by atoms with van der Waals surface area (Å²) in [7, 11) is 0. The summed E-state index contributed by atoms with van der Waals surface area (Å²) in [5.74, 6) is 0.934. The van der Waals surface area contributed by atoms with Crippen LogP contribution in [0.15, 0.2) is 54.6 Å². The van der Waals surface area contributed by atoms with Gasteiger partial charge in [-0.05, 0) is 37.5 Å². The molecule has 0 bridgehead atoms. The Morgan fingerprint density at radius 1 is 0.947 bits per heavy atom. The molecule has 19 heavy (non-hydrogen) atoms. The van der Waals surface area contributed by atoms with Crippen LogP contribution in [0.1, 0.15) is 31.0 Å². The molecule has 2 N–H and O–H groups in total. The van der Waals surface area contributed by atoms with Gasteiger partial charge in [0.1, 0.15) is 5.75 Å². The van der Waals surface area contributed by atoms with Gasteiger partial charge in [0.15, 0.2) is 0 Å². The van der Waals surface area contributed by atoms with Crippen LogP contribution in [-0.2, 0) is 6.42 Å². The first-order chi connectivity index (χ1) is 9.16. The average molecular weight is 255 g/mol. The number of hydrogen-bond donors (Lipinski definition) is 1. The summed E-state index contributed by atoms with van der Waals surface area (Å²) in [5.41, 5.74) is 8.59. The zero-order chi connectivity index (χ0) is 13.7. The smallest absolute Gasteiger partial charge is 0.122 e. The fraction of sp³-hybridized carbons (Fsp3) is 0.294. The molecule has 0 aromatic heterocycles. The molecule has 0 saturated carbocycles. The Kier molecular flexibility index (Phi) is 4.58. The third-order valence-electron chi connectivity index (χ3n) is 3.00. The Hall–Kier alpha value is -1.80. The molecular formula is C17H21NO. The fourth-order valence-corrected chi connectivity index (χ4v) is 2.10. The Morgan fingerprint density at radius 2 is 1.58 bits per heavy atom. The van der Waals surface area contributed by atoms with Gasteiger partial charge in [-0.2, -0.15) is 0 Å². The minimum absolute atomic E-state index is 0.00175. The third kappa shape index (κ3) is 3.83. The lowest BCUT2D eigenvalue weighted by atomic mass is 9.99. The summed E-state index contributed by atoms with van der Waals surface area (Å²) in [6.07, 6.45) is 0.960. The number of benzene rings is 2. The van der Waals surface area contributed by atoms with Crippen molar-refractivity contribution in [3.8, 4) is 5.75 Å². The van der Waals surface area contributed by atoms with E-state index in [-0.39, 0.29) is 12.1 Å². The number of para-hydroxylation sites is 1. The number of hydrogen-bond acceptors (Lipinski definition) is 2. The number of rotatable bonds is 5. The summed E-state index contributed by atoms with van der Waals surface area (Å²) in [6.45, 7) is 4.07. The molecular weight excluding hydrogens is 234 g/mol. The second kappa shape index (κ2) is 6.39. The first kappa shape index (κ1) is 13.6. The molecule has 0 radical (unpaired) electrons. The van der Waals surface area contributed by atoms with Crippen molar-refractivity contribution in [2.75, 3.05) is 0 Å². The summed E-state index contributed by atoms with van der Waals surface area (Å²) in [5, 5.41) is 0. The van der Waals surface area contributed by atoms with Crippen LogP contribution in [-0.4, -0.2) is 6.10 Å². The highest BCUT2D eigenvalue weighted by Crippen LogP contribution is 2.24. The molecule has 0 spiro atoms. The summed E-state index contributed by atoms with van der Waals surface area (Å²) >= 11 is 0. The van der Waals surface area contributed by atoms with Crippen molar-refractivity contribution in [2.24, 2.45) is 5.73 Å². The van der Waals surface area contributed by atoms with Crippen molar-refractivity contribution in [1.29, 1.82) is 0 Å². The first-order valence-corrected chi connectivity index (χ1v) is 6.72. The molecule has 0 aliphatic heterocycles. The average Bonchev–Trinajstić information content (AvgIpc) is 2.41. The van der Waals surface area contributed by atoms with Crippen LogP contribution in [0.25, 0.3) is 0 Å². The summed E-state index contributed by atoms with van der Waals surface area (Å²) < 4.78 is 5.83. The van der Waals surface area contributed by atoms with Gasteiger partial charge in [-0.15, -0.1) is 0 Å². The van der Waals surface area contributed by atoms with Crippen LogP contribution in [0.5, 0.6) is 5.75 Å². The number of ether oxygens (including phenoxy) is 1. The van der Waals surface area contributed by atoms with Gasteiger partial charge in [0.2, 0.25) is 0 Å². The van der Waals surface area contributed by atoms with Gasteiger partial charge in [-0.1, -0.05) is 48.5 Å². The summed E-state index contributed by atoms with van der Waals surface area (Å²) in [4.78, 5) is 0. The van der Waals surface area contributed by atoms with Crippen molar-refractivity contribution in [3.63, 3.8) is 0 Å². The molecule has 0 aliphatic carbocycles. The molecule has 2 rings (SSSR count). The van der Waals surface area contributed by atoms with Gasteiger partial charge in [-0.3, -0.25) is 0 Å². The Bertz CT molecular complexity index is 508.